The van der Waals surface area contributed by atoms with Crippen molar-refractivity contribution in [2.45, 2.75) is 190 Å². The van der Waals surface area contributed by atoms with E-state index in [-0.39, 0.29) is 93.5 Å². The maximum absolute atomic E-state index is 14.9. The van der Waals surface area contributed by atoms with Crippen LogP contribution in [0.3, 0.4) is 0 Å². The number of nitrogens with zero attached hydrogens (tertiary/aromatic N) is 1. The van der Waals surface area contributed by atoms with Gasteiger partial charge in [-0.25, -0.2) is 0 Å². The Morgan fingerprint density at radius 3 is 1.78 bits per heavy atom. The average Bonchev–Trinajstić information content (AvgIpc) is 2.25. The zero-order valence-corrected chi connectivity index (χ0v) is 50.0. The number of carbonyl (C=O) groups excluding carboxylic acids is 8. The molecule has 1 saturated carbocycles. The van der Waals surface area contributed by atoms with Crippen molar-refractivity contribution < 1.29 is 72.3 Å². The monoisotopic (exact) mass is 1180 g/mol. The van der Waals surface area contributed by atoms with E-state index in [0.29, 0.717) is 55.5 Å². The Kier molecular flexibility index (Phi) is 21.7. The summed E-state index contributed by atoms with van der Waals surface area (Å²) in [5, 5.41) is 38.1. The molecule has 0 aromatic heterocycles. The van der Waals surface area contributed by atoms with Crippen LogP contribution < -0.4 is 41.4 Å². The maximum Gasteiger partial charge on any atom is 0.243 e. The largest absolute Gasteiger partial charge is 0.504 e. The number of amides is 6. The number of phenols is 1. The number of carbonyl (C=O) groups is 8. The summed E-state index contributed by atoms with van der Waals surface area (Å²) in [6, 6.07) is 5.23. The minimum absolute atomic E-state index is 0.0564. The third-order valence-electron chi connectivity index (χ3n) is 17.4. The number of ketones is 2. The predicted octanol–water partition coefficient (Wildman–Crippen LogP) is 3.26. The first-order chi connectivity index (χ1) is 40.5. The Labute approximate surface area is 497 Å². The highest BCUT2D eigenvalue weighted by molar-refractivity contribution is 6.00. The van der Waals surface area contributed by atoms with Crippen LogP contribution in [0.5, 0.6) is 17.2 Å². The van der Waals surface area contributed by atoms with Gasteiger partial charge in [0.05, 0.1) is 64.4 Å². The van der Waals surface area contributed by atoms with Crippen molar-refractivity contribution in [2.24, 2.45) is 5.92 Å². The summed E-state index contributed by atoms with van der Waals surface area (Å²) in [6.45, 7) is 7.49. The summed E-state index contributed by atoms with van der Waals surface area (Å²) in [6.07, 6.45) is 12.3. The predicted molar refractivity (Wildman–Crippen MR) is 312 cm³/mol. The highest BCUT2D eigenvalue weighted by Gasteiger charge is 2.56. The lowest BCUT2D eigenvalue weighted by Gasteiger charge is -2.34. The molecule has 6 amide bonds. The minimum atomic E-state index is -1.31. The van der Waals surface area contributed by atoms with Crippen LogP contribution in [0.4, 0.5) is 0 Å². The van der Waals surface area contributed by atoms with Crippen molar-refractivity contribution in [3.8, 4) is 17.2 Å². The van der Waals surface area contributed by atoms with Gasteiger partial charge < -0.3 is 65.8 Å². The van der Waals surface area contributed by atoms with Crippen LogP contribution in [0.1, 0.15) is 129 Å². The van der Waals surface area contributed by atoms with Gasteiger partial charge in [0.2, 0.25) is 35.4 Å². The van der Waals surface area contributed by atoms with Crippen LogP contribution in [0.2, 0.25) is 0 Å². The Morgan fingerprint density at radius 1 is 0.671 bits per heavy atom. The third-order valence-corrected chi connectivity index (χ3v) is 17.4. The number of nitrogens with one attached hydrogen (secondary N) is 6. The van der Waals surface area contributed by atoms with Crippen LogP contribution in [0, 0.1) is 5.92 Å². The van der Waals surface area contributed by atoms with Crippen molar-refractivity contribution >= 4 is 47.0 Å². The Hall–Kier alpha value is -6.72. The molecule has 8 rings (SSSR count). The van der Waals surface area contributed by atoms with Crippen molar-refractivity contribution in [3.63, 3.8) is 0 Å². The Balaban J connectivity index is 0.889. The SMILES string of the molecule is COc1ccc(CC(NC(=O)C(C)NC(=O)C2CCC(C)(O)CC2)C(=O)NC(CC2=CCCC2)C(=O)C2(CC3CN(CC(=O)NC(C)C(=O)NC(Cc4ccc(OC)c(O)c4)C(=O)NC(CC4=CCCCC4)C(=O)C4(C)CO4)CCO3)CO2)cc1. The van der Waals surface area contributed by atoms with E-state index < -0.39 is 88.7 Å². The molecule has 8 N–H and O–H groups in total. The topological polar surface area (TPSA) is 305 Å². The number of Topliss-reactive ketones (excluding diaryl/α,β-unsaturated/α-hetero) is 2. The molecule has 3 aliphatic carbocycles. The fraction of sp³-hybridized carbons (Fsp3) is 0.619. The van der Waals surface area contributed by atoms with Crippen molar-refractivity contribution in [1.29, 1.82) is 0 Å². The van der Waals surface area contributed by atoms with Crippen LogP contribution >= 0.6 is 0 Å². The molecule has 3 heterocycles. The third kappa shape index (κ3) is 17.9. The van der Waals surface area contributed by atoms with Gasteiger partial charge in [-0.15, -0.1) is 0 Å². The van der Waals surface area contributed by atoms with Crippen LogP contribution in [-0.2, 0) is 65.4 Å². The number of aromatic hydroxyl groups is 1. The summed E-state index contributed by atoms with van der Waals surface area (Å²) < 4.78 is 28.2. The van der Waals surface area contributed by atoms with Gasteiger partial charge in [0, 0.05) is 38.3 Å². The summed E-state index contributed by atoms with van der Waals surface area (Å²) in [5.74, 6) is -3.58. The molecule has 2 aromatic carbocycles. The number of epoxide rings is 2. The van der Waals surface area contributed by atoms with E-state index in [0.717, 1.165) is 56.1 Å². The molecule has 0 bridgehead atoms. The van der Waals surface area contributed by atoms with E-state index in [4.69, 9.17) is 23.7 Å². The van der Waals surface area contributed by atoms with Gasteiger partial charge in [0.1, 0.15) is 35.5 Å². The lowest BCUT2D eigenvalue weighted by molar-refractivity contribution is -0.136. The van der Waals surface area contributed by atoms with Gasteiger partial charge in [0.15, 0.2) is 28.7 Å². The number of phenolic OH excluding ortho intramolecular Hbond substituents is 1. The number of hydrogen-bond acceptors (Lipinski definition) is 16. The second kappa shape index (κ2) is 28.7. The number of methoxy groups -OCH3 is 2. The van der Waals surface area contributed by atoms with Crippen LogP contribution in [0.15, 0.2) is 65.8 Å². The molecule has 22 nitrogen and oxygen atoms in total. The van der Waals surface area contributed by atoms with Gasteiger partial charge in [-0.3, -0.25) is 43.3 Å². The van der Waals surface area contributed by atoms with Gasteiger partial charge in [-0.05, 0) is 147 Å². The van der Waals surface area contributed by atoms with Gasteiger partial charge in [0.25, 0.3) is 0 Å². The zero-order chi connectivity index (χ0) is 61.1. The molecular weight excluding hydrogens is 1090 g/mol. The number of benzene rings is 2. The molecule has 0 radical (unpaired) electrons. The second-order valence-corrected chi connectivity index (χ2v) is 24.5. The zero-order valence-electron chi connectivity index (χ0n) is 50.0. The molecule has 3 aliphatic heterocycles. The molecule has 85 heavy (non-hydrogen) atoms. The van der Waals surface area contributed by atoms with Crippen LogP contribution in [-0.4, -0.2) is 175 Å². The lowest BCUT2D eigenvalue weighted by atomic mass is 9.79. The van der Waals surface area contributed by atoms with E-state index in [1.54, 1.807) is 64.3 Å². The van der Waals surface area contributed by atoms with E-state index in [9.17, 15) is 48.6 Å². The molecule has 3 saturated heterocycles. The lowest BCUT2D eigenvalue weighted by Crippen LogP contribution is -2.58. The van der Waals surface area contributed by atoms with Crippen molar-refractivity contribution in [3.05, 3.63) is 76.9 Å². The number of ether oxygens (including phenoxy) is 5. The van der Waals surface area contributed by atoms with E-state index in [1.165, 1.54) is 20.1 Å². The first-order valence-corrected chi connectivity index (χ1v) is 30.1. The molecule has 22 heteroatoms. The number of rotatable bonds is 29. The van der Waals surface area contributed by atoms with E-state index in [1.807, 2.05) is 4.90 Å². The molecule has 2 aromatic rings. The smallest absolute Gasteiger partial charge is 0.243 e. The quantitative estimate of drug-likeness (QED) is 0.0428. The van der Waals surface area contributed by atoms with Crippen LogP contribution in [0.25, 0.3) is 0 Å². The van der Waals surface area contributed by atoms with E-state index in [2.05, 4.69) is 44.1 Å². The number of allylic oxidation sites excluding steroid dienone is 2. The second-order valence-electron chi connectivity index (χ2n) is 24.5. The van der Waals surface area contributed by atoms with Gasteiger partial charge in [-0.1, -0.05) is 41.5 Å². The molecule has 9 unspecified atom stereocenters. The number of aliphatic hydroxyl groups is 1. The summed E-state index contributed by atoms with van der Waals surface area (Å²) in [7, 11) is 2.95. The number of morpholine rings is 1. The minimum Gasteiger partial charge on any atom is -0.504 e. The molecule has 0 spiro atoms. The first kappa shape index (κ1) is 64.3. The Bertz CT molecular complexity index is 2820. The van der Waals surface area contributed by atoms with E-state index >= 15 is 0 Å². The molecule has 9 atom stereocenters. The molecule has 6 aliphatic rings. The van der Waals surface area contributed by atoms with Crippen molar-refractivity contribution in [2.75, 3.05) is 53.7 Å². The molecular formula is C63H87N7O15. The molecule has 4 fully saturated rings. The normalized spacial score (nSPS) is 25.8. The average molecular weight is 1180 g/mol. The van der Waals surface area contributed by atoms with Gasteiger partial charge >= 0.3 is 0 Å². The summed E-state index contributed by atoms with van der Waals surface area (Å²) >= 11 is 0. The van der Waals surface area contributed by atoms with Crippen molar-refractivity contribution in [1.82, 2.24) is 36.8 Å². The maximum atomic E-state index is 14.9. The fourth-order valence-corrected chi connectivity index (χ4v) is 11.9. The standard InChI is InChI=1S/C63H87N7O15/c1-38(56(75)69-50(31-43-18-21-52(82-6)51(71)32-43)60(79)66-47(54(73)62(4)36-84-62)28-40-12-8-7-9-13-40)64-53(72)35-70-26-27-83-46(34-70)33-63(37-85-63)55(74)48(29-41-14-10-11-15-41)67-59(78)49(30-42-16-19-45(81-5)20-17-42)68-57(76)39(2)65-58(77)44-22-24-61(3,80)25-23-44/h12,14,16-21,32,38-39,44,46-50,71,80H,7-11,13,15,22-31,33-37H2,1-6H3,(H,64,72)(H,65,77)(H,66,79)(H,67,78)(H,68,76)(H,69,75). The Morgan fingerprint density at radius 2 is 1.24 bits per heavy atom. The summed E-state index contributed by atoms with van der Waals surface area (Å²) in [4.78, 5) is 114. The molecule has 464 valence electrons. The fourth-order valence-electron chi connectivity index (χ4n) is 11.9. The first-order valence-electron chi connectivity index (χ1n) is 30.1. The highest BCUT2D eigenvalue weighted by atomic mass is 16.6. The summed E-state index contributed by atoms with van der Waals surface area (Å²) in [5.41, 5.74) is 0.109. The van der Waals surface area contributed by atoms with Gasteiger partial charge in [-0.2, -0.15) is 0 Å². The number of hydrogen-bond donors (Lipinski definition) is 8. The highest BCUT2D eigenvalue weighted by Crippen LogP contribution is 2.38.